The van der Waals surface area contributed by atoms with Crippen LogP contribution in [0, 0.1) is 6.92 Å². The van der Waals surface area contributed by atoms with Gasteiger partial charge in [0.2, 0.25) is 11.8 Å². The first-order valence-corrected chi connectivity index (χ1v) is 15.4. The third-order valence-electron chi connectivity index (χ3n) is 5.68. The highest BCUT2D eigenvalue weighted by Gasteiger charge is 2.24. The largest absolute Gasteiger partial charge is 0.419 e. The van der Waals surface area contributed by atoms with E-state index in [-0.39, 0.29) is 39.0 Å². The van der Waals surface area contributed by atoms with Crippen LogP contribution in [0.2, 0.25) is 5.15 Å². The third kappa shape index (κ3) is 5.04. The lowest BCUT2D eigenvalue weighted by Crippen LogP contribution is -2.14. The summed E-state index contributed by atoms with van der Waals surface area (Å²) in [6.45, 7) is 1.86. The number of sulfone groups is 1. The van der Waals surface area contributed by atoms with Gasteiger partial charge in [-0.15, -0.1) is 21.8 Å². The number of alkyl halides is 1. The van der Waals surface area contributed by atoms with Gasteiger partial charge in [0.1, 0.15) is 11.0 Å². The first kappa shape index (κ1) is 26.3. The molecule has 5 aromatic rings. The van der Waals surface area contributed by atoms with E-state index in [2.05, 4.69) is 20.3 Å². The van der Waals surface area contributed by atoms with Gasteiger partial charge in [-0.1, -0.05) is 29.3 Å². The highest BCUT2D eigenvalue weighted by molar-refractivity contribution is 7.90. The van der Waals surface area contributed by atoms with E-state index in [1.54, 1.807) is 30.3 Å². The fraction of sp³-hybridized carbons (Fsp3) is 0.167. The van der Waals surface area contributed by atoms with Crippen molar-refractivity contribution in [3.8, 4) is 22.6 Å². The van der Waals surface area contributed by atoms with Crippen LogP contribution in [0.3, 0.4) is 0 Å². The molecule has 0 radical (unpaired) electrons. The molecule has 14 heteroatoms. The Kier molecular flexibility index (Phi) is 6.76. The zero-order chi connectivity index (χ0) is 27.2. The standard InChI is InChI=1S/C24H19Cl2N5O5S2/c1-14-3-5-18(6-4-14)38(34,35)31-21-9-15(16-7-17(13-37(2,32)33)23(26)27-11-16)8-19(20(21)12-28-31)24-30-29-22(10-25)36-24/h3-9,11-12H,10,13H2,1-2H3. The summed E-state index contributed by atoms with van der Waals surface area (Å²) < 4.78 is 57.5. The Morgan fingerprint density at radius 3 is 2.37 bits per heavy atom. The topological polar surface area (TPSA) is 138 Å². The molecule has 0 fully saturated rings. The quantitative estimate of drug-likeness (QED) is 0.196. The first-order valence-electron chi connectivity index (χ1n) is 11.0. The van der Waals surface area contributed by atoms with Crippen molar-refractivity contribution in [2.45, 2.75) is 23.5 Å². The molecule has 0 aliphatic heterocycles. The second kappa shape index (κ2) is 9.77. The van der Waals surface area contributed by atoms with E-state index in [1.807, 2.05) is 6.92 Å². The SMILES string of the molecule is Cc1ccc(S(=O)(=O)n2ncc3c(-c4nnc(CCl)o4)cc(-c4cnc(Cl)c(CS(C)(=O)=O)c4)cc32)cc1. The number of halogens is 2. The molecule has 0 spiro atoms. The van der Waals surface area contributed by atoms with Crippen LogP contribution in [0.25, 0.3) is 33.5 Å². The summed E-state index contributed by atoms with van der Waals surface area (Å²) in [5.41, 5.74) is 2.85. The number of aryl methyl sites for hydroxylation is 1. The average molecular weight is 592 g/mol. The smallest absolute Gasteiger partial charge is 0.283 e. The van der Waals surface area contributed by atoms with Crippen LogP contribution in [0.5, 0.6) is 0 Å². The van der Waals surface area contributed by atoms with Gasteiger partial charge in [-0.25, -0.2) is 13.4 Å². The highest BCUT2D eigenvalue weighted by Crippen LogP contribution is 2.35. The zero-order valence-electron chi connectivity index (χ0n) is 20.0. The van der Waals surface area contributed by atoms with Gasteiger partial charge in [-0.05, 0) is 42.8 Å². The maximum atomic E-state index is 13.6. The minimum atomic E-state index is -4.07. The van der Waals surface area contributed by atoms with Crippen molar-refractivity contribution in [2.24, 2.45) is 0 Å². The summed E-state index contributed by atoms with van der Waals surface area (Å²) in [5.74, 6) is -0.0292. The van der Waals surface area contributed by atoms with Crippen molar-refractivity contribution >= 4 is 54.0 Å². The van der Waals surface area contributed by atoms with Crippen LogP contribution in [0.1, 0.15) is 17.0 Å². The summed E-state index contributed by atoms with van der Waals surface area (Å²) in [6.07, 6.45) is 3.96. The van der Waals surface area contributed by atoms with E-state index in [0.717, 1.165) is 15.9 Å². The molecule has 0 amide bonds. The number of aromatic nitrogens is 5. The summed E-state index contributed by atoms with van der Waals surface area (Å²) in [4.78, 5) is 4.21. The lowest BCUT2D eigenvalue weighted by molar-refractivity contribution is 0.528. The molecule has 2 aromatic carbocycles. The van der Waals surface area contributed by atoms with Gasteiger partial charge in [-0.2, -0.15) is 17.6 Å². The van der Waals surface area contributed by atoms with Crippen LogP contribution >= 0.6 is 23.2 Å². The van der Waals surface area contributed by atoms with Crippen molar-refractivity contribution in [3.63, 3.8) is 0 Å². The molecule has 38 heavy (non-hydrogen) atoms. The fourth-order valence-corrected chi connectivity index (χ4v) is 6.30. The Balaban J connectivity index is 1.76. The Morgan fingerprint density at radius 2 is 1.71 bits per heavy atom. The maximum Gasteiger partial charge on any atom is 0.283 e. The number of rotatable bonds is 7. The molecule has 0 aliphatic rings. The number of pyridine rings is 1. The number of hydrogen-bond acceptors (Lipinski definition) is 9. The lowest BCUT2D eigenvalue weighted by Gasteiger charge is -2.11. The molecule has 196 valence electrons. The van der Waals surface area contributed by atoms with Crippen LogP contribution in [-0.2, 0) is 31.5 Å². The average Bonchev–Trinajstić information content (AvgIpc) is 3.52. The molecule has 0 N–H and O–H groups in total. The summed E-state index contributed by atoms with van der Waals surface area (Å²) >= 11 is 12.0. The van der Waals surface area contributed by atoms with E-state index in [0.29, 0.717) is 27.6 Å². The molecule has 0 saturated carbocycles. The van der Waals surface area contributed by atoms with Gasteiger partial charge in [0.25, 0.3) is 10.0 Å². The number of benzene rings is 2. The number of fused-ring (bicyclic) bond motifs is 1. The number of hydrogen-bond donors (Lipinski definition) is 0. The van der Waals surface area contributed by atoms with Crippen molar-refractivity contribution in [2.75, 3.05) is 6.26 Å². The van der Waals surface area contributed by atoms with Gasteiger partial charge in [0.05, 0.1) is 27.9 Å². The second-order valence-electron chi connectivity index (χ2n) is 8.64. The Morgan fingerprint density at radius 1 is 0.974 bits per heavy atom. The molecule has 0 unspecified atom stereocenters. The molecule has 3 aromatic heterocycles. The van der Waals surface area contributed by atoms with E-state index >= 15 is 0 Å². The van der Waals surface area contributed by atoms with Gasteiger partial charge < -0.3 is 4.42 Å². The normalized spacial score (nSPS) is 12.3. The molecule has 3 heterocycles. The van der Waals surface area contributed by atoms with Crippen molar-refractivity contribution in [1.29, 1.82) is 0 Å². The van der Waals surface area contributed by atoms with Gasteiger partial charge in [-0.3, -0.25) is 0 Å². The zero-order valence-corrected chi connectivity index (χ0v) is 23.1. The van der Waals surface area contributed by atoms with Crippen LogP contribution < -0.4 is 0 Å². The van der Waals surface area contributed by atoms with Crippen LogP contribution in [0.4, 0.5) is 0 Å². The lowest BCUT2D eigenvalue weighted by atomic mass is 10.0. The molecule has 0 saturated heterocycles. The minimum Gasteiger partial charge on any atom is -0.419 e. The van der Waals surface area contributed by atoms with Crippen LogP contribution in [0.15, 0.2) is 64.2 Å². The van der Waals surface area contributed by atoms with Crippen molar-refractivity contribution in [3.05, 3.63) is 77.0 Å². The van der Waals surface area contributed by atoms with Crippen LogP contribution in [-0.4, -0.2) is 47.5 Å². The fourth-order valence-electron chi connectivity index (χ4n) is 3.90. The summed E-state index contributed by atoms with van der Waals surface area (Å²) in [5, 5.41) is 12.6. The number of nitrogens with zero attached hydrogens (tertiary/aromatic N) is 5. The van der Waals surface area contributed by atoms with E-state index in [1.165, 1.54) is 24.5 Å². The monoisotopic (exact) mass is 591 g/mol. The Labute approximate surface area is 228 Å². The van der Waals surface area contributed by atoms with Gasteiger partial charge >= 0.3 is 0 Å². The van der Waals surface area contributed by atoms with Gasteiger partial charge in [0.15, 0.2) is 9.84 Å². The van der Waals surface area contributed by atoms with Gasteiger partial charge in [0, 0.05) is 29.0 Å². The first-order chi connectivity index (χ1) is 18.0. The predicted octanol–water partition coefficient (Wildman–Crippen LogP) is 4.63. The molecule has 10 nitrogen and oxygen atoms in total. The summed E-state index contributed by atoms with van der Waals surface area (Å²) in [7, 11) is -7.47. The Hall–Kier alpha value is -3.32. The predicted molar refractivity (Wildman–Crippen MR) is 143 cm³/mol. The Bertz CT molecular complexity index is 1900. The second-order valence-corrected chi connectivity index (χ2v) is 13.2. The molecule has 0 bridgehead atoms. The molecule has 5 rings (SSSR count). The molecular weight excluding hydrogens is 573 g/mol. The molecule has 0 aliphatic carbocycles. The van der Waals surface area contributed by atoms with Crippen molar-refractivity contribution < 1.29 is 21.3 Å². The molecule has 0 atom stereocenters. The minimum absolute atomic E-state index is 0.00709. The van der Waals surface area contributed by atoms with E-state index in [9.17, 15) is 16.8 Å². The molecular formula is C24H19Cl2N5O5S2. The van der Waals surface area contributed by atoms with E-state index in [4.69, 9.17) is 27.6 Å². The maximum absolute atomic E-state index is 13.6. The summed E-state index contributed by atoms with van der Waals surface area (Å²) in [6, 6.07) is 11.3. The van der Waals surface area contributed by atoms with Crippen molar-refractivity contribution in [1.82, 2.24) is 24.4 Å². The third-order valence-corrected chi connectivity index (χ3v) is 8.70. The highest BCUT2D eigenvalue weighted by atomic mass is 35.5. The van der Waals surface area contributed by atoms with E-state index < -0.39 is 19.9 Å².